The van der Waals surface area contributed by atoms with Gasteiger partial charge in [0.1, 0.15) is 28.7 Å². The molecule has 7 atom stereocenters. The van der Waals surface area contributed by atoms with Crippen LogP contribution in [0.3, 0.4) is 0 Å². The van der Waals surface area contributed by atoms with E-state index in [1.165, 1.54) is 0 Å². The van der Waals surface area contributed by atoms with Gasteiger partial charge in [0.05, 0.1) is 18.1 Å². The average molecular weight is 646 g/mol. The highest BCUT2D eigenvalue weighted by molar-refractivity contribution is 7.99. The molecule has 10 nitrogen and oxygen atoms in total. The van der Waals surface area contributed by atoms with Gasteiger partial charge < -0.3 is 35.4 Å². The number of fused-ring (bicyclic) bond motifs is 2. The topological polar surface area (TPSA) is 138 Å². The first-order valence-electron chi connectivity index (χ1n) is 16.0. The number of rotatable bonds is 7. The molecule has 4 heterocycles. The van der Waals surface area contributed by atoms with Crippen LogP contribution in [0.15, 0.2) is 51.3 Å². The van der Waals surface area contributed by atoms with Crippen LogP contribution in [0.5, 0.6) is 0 Å². The van der Waals surface area contributed by atoms with Crippen LogP contribution < -0.4 is 26.6 Å². The van der Waals surface area contributed by atoms with Gasteiger partial charge in [-0.1, -0.05) is 44.2 Å². The maximum Gasteiger partial charge on any atom is 0.316 e. The Morgan fingerprint density at radius 1 is 0.848 bits per heavy atom. The van der Waals surface area contributed by atoms with E-state index >= 15 is 0 Å². The second kappa shape index (κ2) is 12.9. The molecule has 4 aromatic rings. The Bertz CT molecular complexity index is 1780. The molecule has 2 aromatic carbocycles. The summed E-state index contributed by atoms with van der Waals surface area (Å²) in [5.41, 5.74) is 4.36. The zero-order valence-electron chi connectivity index (χ0n) is 27.2. The SMILES string of the molecule is Cc1c(C(C)NC(=O)NC2CSCC2C)oc2cc(C3CC(C)C(NC(=O)NC(C)c4oc5ccccc5c4C)C(=O)N3)ccc12. The van der Waals surface area contributed by atoms with Crippen molar-refractivity contribution in [3.8, 4) is 0 Å². The molecule has 2 aliphatic rings. The summed E-state index contributed by atoms with van der Waals surface area (Å²) in [6.45, 7) is 11.9. The van der Waals surface area contributed by atoms with Crippen LogP contribution in [-0.4, -0.2) is 41.6 Å². The molecule has 0 spiro atoms. The molecule has 2 aromatic heterocycles. The summed E-state index contributed by atoms with van der Waals surface area (Å²) in [6, 6.07) is 11.7. The summed E-state index contributed by atoms with van der Waals surface area (Å²) in [7, 11) is 0. The molecule has 5 N–H and O–H groups in total. The number of urea groups is 2. The predicted octanol–water partition coefficient (Wildman–Crippen LogP) is 6.53. The number of para-hydroxylation sites is 1. The van der Waals surface area contributed by atoms with Gasteiger partial charge in [0, 0.05) is 33.7 Å². The number of benzene rings is 2. The van der Waals surface area contributed by atoms with E-state index in [-0.39, 0.29) is 42.0 Å². The summed E-state index contributed by atoms with van der Waals surface area (Å²) >= 11 is 1.86. The maximum atomic E-state index is 13.3. The smallest absolute Gasteiger partial charge is 0.316 e. The molecule has 2 fully saturated rings. The predicted molar refractivity (Wildman–Crippen MR) is 181 cm³/mol. The minimum Gasteiger partial charge on any atom is -0.459 e. The third kappa shape index (κ3) is 6.29. The van der Waals surface area contributed by atoms with Gasteiger partial charge in [-0.05, 0) is 69.4 Å². The molecule has 11 heteroatoms. The number of carbonyl (C=O) groups is 3. The molecular weight excluding hydrogens is 602 g/mol. The number of furan rings is 2. The third-order valence-corrected chi connectivity index (χ3v) is 10.9. The van der Waals surface area contributed by atoms with E-state index < -0.39 is 12.1 Å². The van der Waals surface area contributed by atoms with Crippen molar-refractivity contribution in [1.29, 1.82) is 0 Å². The zero-order valence-corrected chi connectivity index (χ0v) is 28.0. The van der Waals surface area contributed by atoms with Gasteiger partial charge in [-0.3, -0.25) is 4.79 Å². The number of amides is 5. The minimum absolute atomic E-state index is 0.110. The summed E-state index contributed by atoms with van der Waals surface area (Å²) in [6.07, 6.45) is 0.642. The quantitative estimate of drug-likeness (QED) is 0.155. The van der Waals surface area contributed by atoms with Crippen molar-refractivity contribution in [3.05, 3.63) is 70.7 Å². The number of aryl methyl sites for hydroxylation is 2. The highest BCUT2D eigenvalue weighted by Gasteiger charge is 2.36. The molecule has 244 valence electrons. The van der Waals surface area contributed by atoms with E-state index in [2.05, 4.69) is 33.5 Å². The van der Waals surface area contributed by atoms with Gasteiger partial charge in [0.15, 0.2) is 0 Å². The van der Waals surface area contributed by atoms with Gasteiger partial charge >= 0.3 is 12.1 Å². The van der Waals surface area contributed by atoms with Gasteiger partial charge in [0.2, 0.25) is 5.91 Å². The summed E-state index contributed by atoms with van der Waals surface area (Å²) in [5, 5.41) is 17.0. The van der Waals surface area contributed by atoms with Crippen molar-refractivity contribution < 1.29 is 23.2 Å². The van der Waals surface area contributed by atoms with Crippen LogP contribution in [0.4, 0.5) is 9.59 Å². The van der Waals surface area contributed by atoms with Crippen LogP contribution in [0.2, 0.25) is 0 Å². The second-order valence-corrected chi connectivity index (χ2v) is 14.1. The van der Waals surface area contributed by atoms with Crippen LogP contribution in [0, 0.1) is 25.7 Å². The largest absolute Gasteiger partial charge is 0.459 e. The lowest BCUT2D eigenvalue weighted by atomic mass is 9.86. The van der Waals surface area contributed by atoms with Crippen molar-refractivity contribution in [1.82, 2.24) is 26.6 Å². The van der Waals surface area contributed by atoms with Crippen molar-refractivity contribution in [2.45, 2.75) is 78.2 Å². The van der Waals surface area contributed by atoms with Crippen LogP contribution in [0.1, 0.15) is 80.5 Å². The van der Waals surface area contributed by atoms with Gasteiger partial charge in [-0.2, -0.15) is 11.8 Å². The van der Waals surface area contributed by atoms with E-state index in [1.54, 1.807) is 0 Å². The normalized spacial score (nSPS) is 24.4. The van der Waals surface area contributed by atoms with Crippen molar-refractivity contribution in [2.24, 2.45) is 11.8 Å². The monoisotopic (exact) mass is 645 g/mol. The molecule has 2 aliphatic heterocycles. The minimum atomic E-state index is -0.676. The molecule has 6 rings (SSSR count). The van der Waals surface area contributed by atoms with Gasteiger partial charge in [-0.25, -0.2) is 9.59 Å². The lowest BCUT2D eigenvalue weighted by molar-refractivity contribution is -0.127. The second-order valence-electron chi connectivity index (χ2n) is 13.0. The zero-order chi connectivity index (χ0) is 32.7. The number of piperidine rings is 1. The molecular formula is C35H43N5O5S. The highest BCUT2D eigenvalue weighted by atomic mass is 32.2. The van der Waals surface area contributed by atoms with E-state index in [9.17, 15) is 14.4 Å². The molecule has 5 amide bonds. The molecule has 0 bridgehead atoms. The van der Waals surface area contributed by atoms with E-state index in [0.29, 0.717) is 29.4 Å². The Hall–Kier alpha value is -4.12. The Morgan fingerprint density at radius 2 is 1.48 bits per heavy atom. The Labute approximate surface area is 273 Å². The molecule has 7 unspecified atom stereocenters. The van der Waals surface area contributed by atoms with Crippen LogP contribution in [-0.2, 0) is 4.79 Å². The summed E-state index contributed by atoms with van der Waals surface area (Å²) in [4.78, 5) is 38.9. The molecule has 46 heavy (non-hydrogen) atoms. The average Bonchev–Trinajstić information content (AvgIpc) is 3.69. The van der Waals surface area contributed by atoms with E-state index in [4.69, 9.17) is 8.83 Å². The maximum absolute atomic E-state index is 13.3. The summed E-state index contributed by atoms with van der Waals surface area (Å²) < 4.78 is 12.3. The van der Waals surface area contributed by atoms with Crippen molar-refractivity contribution in [3.63, 3.8) is 0 Å². The molecule has 0 radical (unpaired) electrons. The van der Waals surface area contributed by atoms with Gasteiger partial charge in [-0.15, -0.1) is 0 Å². The fourth-order valence-electron chi connectivity index (χ4n) is 6.77. The number of carbonyl (C=O) groups excluding carboxylic acids is 3. The first-order valence-corrected chi connectivity index (χ1v) is 17.2. The summed E-state index contributed by atoms with van der Waals surface area (Å²) in [5.74, 6) is 3.49. The fourth-order valence-corrected chi connectivity index (χ4v) is 8.18. The van der Waals surface area contributed by atoms with Crippen LogP contribution in [0.25, 0.3) is 21.9 Å². The standard InChI is InChI=1S/C35H43N5O5S/c1-17-13-26(38-33(41)30(17)40-35(43)37-21(5)31-19(3)24-9-7-8-10-28(24)44-31)23-11-12-25-20(4)32(45-29(25)14-23)22(6)36-34(42)39-27-16-46-15-18(27)2/h7-12,14,17-18,21-22,26-27,30H,13,15-16H2,1-6H3,(H,38,41)(H2,36,39,42)(H2,37,40,43). The number of hydrogen-bond donors (Lipinski definition) is 5. The molecule has 0 saturated carbocycles. The highest BCUT2D eigenvalue weighted by Crippen LogP contribution is 2.35. The molecule has 2 saturated heterocycles. The first-order chi connectivity index (χ1) is 22.0. The number of thioether (sulfide) groups is 1. The number of nitrogens with one attached hydrogen (secondary N) is 5. The molecule has 0 aliphatic carbocycles. The van der Waals surface area contributed by atoms with Gasteiger partial charge in [0.25, 0.3) is 0 Å². The lowest BCUT2D eigenvalue weighted by Crippen LogP contribution is -2.57. The Morgan fingerprint density at radius 3 is 2.11 bits per heavy atom. The Balaban J connectivity index is 1.08. The van der Waals surface area contributed by atoms with Crippen molar-refractivity contribution >= 4 is 51.7 Å². The van der Waals surface area contributed by atoms with Crippen LogP contribution >= 0.6 is 11.8 Å². The lowest BCUT2D eigenvalue weighted by Gasteiger charge is -2.35. The fraction of sp³-hybridized carbons (Fsp3) is 0.457. The Kier molecular flexibility index (Phi) is 8.96. The first kappa shape index (κ1) is 31.8. The van der Waals surface area contributed by atoms with E-state index in [0.717, 1.165) is 44.6 Å². The van der Waals surface area contributed by atoms with Crippen molar-refractivity contribution in [2.75, 3.05) is 11.5 Å². The van der Waals surface area contributed by atoms with E-state index in [1.807, 2.05) is 88.8 Å². The number of hydrogen-bond acceptors (Lipinski definition) is 6. The third-order valence-electron chi connectivity index (χ3n) is 9.51.